The Hall–Kier alpha value is -0.280. The lowest BCUT2D eigenvalue weighted by Gasteiger charge is -2.38. The summed E-state index contributed by atoms with van der Waals surface area (Å²) in [5.41, 5.74) is 1.31. The van der Waals surface area contributed by atoms with E-state index in [4.69, 9.17) is 27.9 Å². The number of piperidine rings is 1. The monoisotopic (exact) mass is 313 g/mol. The molecule has 1 aromatic rings. The predicted octanol–water partition coefficient (Wildman–Crippen LogP) is 4.25. The summed E-state index contributed by atoms with van der Waals surface area (Å²) in [5, 5.41) is 5.03. The summed E-state index contributed by atoms with van der Waals surface area (Å²) >= 11 is 12.2. The Labute approximate surface area is 130 Å². The van der Waals surface area contributed by atoms with Crippen molar-refractivity contribution < 1.29 is 4.74 Å². The lowest BCUT2D eigenvalue weighted by atomic mass is 9.77. The van der Waals surface area contributed by atoms with E-state index in [1.54, 1.807) is 0 Å². The number of nitrogens with one attached hydrogen (secondary N) is 1. The van der Waals surface area contributed by atoms with Crippen LogP contribution in [0.25, 0.3) is 0 Å². The SMILES string of the molecule is CCOC[C@@H]1C(c2ccc(Cl)c(Cl)c2)C[C@@H]2CC[C@H]1N2. The number of rotatable bonds is 4. The molecule has 20 heavy (non-hydrogen) atoms. The zero-order valence-corrected chi connectivity index (χ0v) is 13.3. The summed E-state index contributed by atoms with van der Waals surface area (Å²) in [5.74, 6) is 1.06. The number of ether oxygens (including phenoxy) is 1. The largest absolute Gasteiger partial charge is 0.381 e. The third-order valence-corrected chi connectivity index (χ3v) is 5.47. The molecule has 2 nitrogen and oxygen atoms in total. The van der Waals surface area contributed by atoms with Gasteiger partial charge in [-0.1, -0.05) is 29.3 Å². The Morgan fingerprint density at radius 2 is 2.10 bits per heavy atom. The minimum atomic E-state index is 0.523. The van der Waals surface area contributed by atoms with Gasteiger partial charge in [-0.3, -0.25) is 0 Å². The van der Waals surface area contributed by atoms with Crippen LogP contribution in [-0.2, 0) is 4.74 Å². The summed E-state index contributed by atoms with van der Waals surface area (Å²) in [7, 11) is 0. The number of halogens is 2. The Morgan fingerprint density at radius 3 is 2.85 bits per heavy atom. The second-order valence-electron chi connectivity index (χ2n) is 5.89. The minimum absolute atomic E-state index is 0.523. The van der Waals surface area contributed by atoms with Crippen LogP contribution in [0.1, 0.15) is 37.7 Å². The average Bonchev–Trinajstić information content (AvgIpc) is 2.83. The van der Waals surface area contributed by atoms with Gasteiger partial charge in [-0.2, -0.15) is 0 Å². The maximum absolute atomic E-state index is 6.19. The van der Waals surface area contributed by atoms with Gasteiger partial charge in [0.1, 0.15) is 0 Å². The Kier molecular flexibility index (Phi) is 4.56. The molecule has 0 saturated carbocycles. The van der Waals surface area contributed by atoms with E-state index in [2.05, 4.69) is 18.3 Å². The molecule has 2 bridgehead atoms. The summed E-state index contributed by atoms with van der Waals surface area (Å²) in [4.78, 5) is 0. The van der Waals surface area contributed by atoms with Gasteiger partial charge in [-0.05, 0) is 49.8 Å². The molecule has 4 atom stereocenters. The van der Waals surface area contributed by atoms with Gasteiger partial charge < -0.3 is 10.1 Å². The molecule has 0 radical (unpaired) electrons. The predicted molar refractivity (Wildman–Crippen MR) is 83.7 cm³/mol. The fourth-order valence-corrected chi connectivity index (χ4v) is 4.05. The van der Waals surface area contributed by atoms with Gasteiger partial charge in [0.15, 0.2) is 0 Å². The van der Waals surface area contributed by atoms with E-state index in [1.807, 2.05) is 12.1 Å². The molecular formula is C16H21Cl2NO. The van der Waals surface area contributed by atoms with E-state index in [-0.39, 0.29) is 0 Å². The standard InChI is InChI=1S/C16H21Cl2NO/c1-2-20-9-13-12(8-11-4-6-16(13)19-11)10-3-5-14(17)15(18)7-10/h3,5,7,11-13,16,19H,2,4,6,8-9H2,1H3/t11-,12?,13+,16+/m0/s1. The first-order chi connectivity index (χ1) is 9.69. The van der Waals surface area contributed by atoms with Gasteiger partial charge in [-0.15, -0.1) is 0 Å². The van der Waals surface area contributed by atoms with Crippen LogP contribution >= 0.6 is 23.2 Å². The number of fused-ring (bicyclic) bond motifs is 2. The van der Waals surface area contributed by atoms with Crippen molar-refractivity contribution in [2.24, 2.45) is 5.92 Å². The summed E-state index contributed by atoms with van der Waals surface area (Å²) in [6.45, 7) is 3.66. The van der Waals surface area contributed by atoms with Crippen LogP contribution in [0.15, 0.2) is 18.2 Å². The van der Waals surface area contributed by atoms with E-state index < -0.39 is 0 Å². The molecule has 0 amide bonds. The lowest BCUT2D eigenvalue weighted by molar-refractivity contribution is 0.0723. The van der Waals surface area contributed by atoms with Crippen LogP contribution < -0.4 is 5.32 Å². The minimum Gasteiger partial charge on any atom is -0.381 e. The second kappa shape index (κ2) is 6.23. The van der Waals surface area contributed by atoms with Crippen LogP contribution in [0.3, 0.4) is 0 Å². The maximum atomic E-state index is 6.19. The first-order valence-electron chi connectivity index (χ1n) is 7.47. The van der Waals surface area contributed by atoms with Gasteiger partial charge in [0.05, 0.1) is 16.7 Å². The Morgan fingerprint density at radius 1 is 1.25 bits per heavy atom. The first-order valence-corrected chi connectivity index (χ1v) is 8.23. The van der Waals surface area contributed by atoms with Crippen LogP contribution in [0, 0.1) is 5.92 Å². The fraction of sp³-hybridized carbons (Fsp3) is 0.625. The molecule has 2 aliphatic rings. The van der Waals surface area contributed by atoms with Crippen molar-refractivity contribution in [3.63, 3.8) is 0 Å². The van der Waals surface area contributed by atoms with Crippen molar-refractivity contribution in [1.29, 1.82) is 0 Å². The highest BCUT2D eigenvalue weighted by Gasteiger charge is 2.42. The highest BCUT2D eigenvalue weighted by molar-refractivity contribution is 6.42. The number of hydrogen-bond acceptors (Lipinski definition) is 2. The quantitative estimate of drug-likeness (QED) is 0.897. The van der Waals surface area contributed by atoms with Gasteiger partial charge >= 0.3 is 0 Å². The van der Waals surface area contributed by atoms with Gasteiger partial charge in [-0.25, -0.2) is 0 Å². The summed E-state index contributed by atoms with van der Waals surface area (Å²) in [6.07, 6.45) is 3.72. The van der Waals surface area contributed by atoms with Crippen LogP contribution in [-0.4, -0.2) is 25.3 Å². The molecule has 0 spiro atoms. The molecular weight excluding hydrogens is 293 g/mol. The topological polar surface area (TPSA) is 21.3 Å². The fourth-order valence-electron chi connectivity index (χ4n) is 3.75. The second-order valence-corrected chi connectivity index (χ2v) is 6.70. The van der Waals surface area contributed by atoms with Crippen LogP contribution in [0.5, 0.6) is 0 Å². The number of hydrogen-bond donors (Lipinski definition) is 1. The van der Waals surface area contributed by atoms with Crippen molar-refractivity contribution in [1.82, 2.24) is 5.32 Å². The van der Waals surface area contributed by atoms with E-state index in [1.165, 1.54) is 24.8 Å². The van der Waals surface area contributed by atoms with Crippen LogP contribution in [0.4, 0.5) is 0 Å². The van der Waals surface area contributed by atoms with Crippen molar-refractivity contribution in [2.45, 2.75) is 44.2 Å². The molecule has 1 aromatic carbocycles. The lowest BCUT2D eigenvalue weighted by Crippen LogP contribution is -2.46. The molecule has 4 heteroatoms. The summed E-state index contributed by atoms with van der Waals surface area (Å²) in [6, 6.07) is 7.32. The average molecular weight is 314 g/mol. The Balaban J connectivity index is 1.85. The first kappa shape index (κ1) is 14.6. The smallest absolute Gasteiger partial charge is 0.0595 e. The van der Waals surface area contributed by atoms with Gasteiger partial charge in [0, 0.05) is 24.6 Å². The van der Waals surface area contributed by atoms with Crippen LogP contribution in [0.2, 0.25) is 10.0 Å². The molecule has 2 heterocycles. The van der Waals surface area contributed by atoms with E-state index in [9.17, 15) is 0 Å². The Bertz CT molecular complexity index is 480. The van der Waals surface area contributed by atoms with E-state index in [0.717, 1.165) is 13.2 Å². The van der Waals surface area contributed by atoms with Crippen molar-refractivity contribution in [2.75, 3.05) is 13.2 Å². The zero-order valence-electron chi connectivity index (χ0n) is 11.7. The molecule has 2 fully saturated rings. The summed E-state index contributed by atoms with van der Waals surface area (Å²) < 4.78 is 5.73. The molecule has 2 aliphatic heterocycles. The molecule has 3 rings (SSSR count). The molecule has 1 N–H and O–H groups in total. The maximum Gasteiger partial charge on any atom is 0.0595 e. The molecule has 1 unspecified atom stereocenters. The zero-order chi connectivity index (χ0) is 14.1. The van der Waals surface area contributed by atoms with E-state index >= 15 is 0 Å². The highest BCUT2D eigenvalue weighted by atomic mass is 35.5. The van der Waals surface area contributed by atoms with Crippen molar-refractivity contribution >= 4 is 23.2 Å². The number of benzene rings is 1. The molecule has 2 saturated heterocycles. The van der Waals surface area contributed by atoms with Gasteiger partial charge in [0.25, 0.3) is 0 Å². The highest BCUT2D eigenvalue weighted by Crippen LogP contribution is 2.42. The van der Waals surface area contributed by atoms with Crippen molar-refractivity contribution in [3.05, 3.63) is 33.8 Å². The van der Waals surface area contributed by atoms with Gasteiger partial charge in [0.2, 0.25) is 0 Å². The third-order valence-electron chi connectivity index (χ3n) is 4.73. The molecule has 110 valence electrons. The molecule has 0 aliphatic carbocycles. The normalized spacial score (nSPS) is 32.5. The molecule has 0 aromatic heterocycles. The van der Waals surface area contributed by atoms with E-state index in [0.29, 0.717) is 34.0 Å². The van der Waals surface area contributed by atoms with Crippen molar-refractivity contribution in [3.8, 4) is 0 Å². The third kappa shape index (κ3) is 2.85.